The molecule has 3 atom stereocenters. The van der Waals surface area contributed by atoms with E-state index in [4.69, 9.17) is 0 Å². The van der Waals surface area contributed by atoms with Gasteiger partial charge in [0.15, 0.2) is 0 Å². The Hall–Kier alpha value is -0.830. The molecule has 1 aromatic rings. The van der Waals surface area contributed by atoms with Crippen LogP contribution < -0.4 is 5.32 Å². The van der Waals surface area contributed by atoms with Crippen molar-refractivity contribution >= 4 is 0 Å². The van der Waals surface area contributed by atoms with Crippen LogP contribution in [0.3, 0.4) is 0 Å². The second kappa shape index (κ2) is 5.67. The molecule has 0 spiro atoms. The van der Waals surface area contributed by atoms with Crippen LogP contribution in [0.1, 0.15) is 51.6 Å². The standard InChI is InChI=1S/C14H25N3/c1-4-15-14(12-7-6-11(3)8-12)13-9-16-17(5-2)10-13/h9-12,14-15H,4-8H2,1-3H3. The highest BCUT2D eigenvalue weighted by atomic mass is 15.3. The quantitative estimate of drug-likeness (QED) is 0.850. The summed E-state index contributed by atoms with van der Waals surface area (Å²) in [6, 6.07) is 0.505. The first kappa shape index (κ1) is 12.6. The van der Waals surface area contributed by atoms with E-state index in [-0.39, 0.29) is 0 Å². The molecule has 1 aliphatic carbocycles. The number of aromatic nitrogens is 2. The van der Waals surface area contributed by atoms with Gasteiger partial charge in [-0.3, -0.25) is 4.68 Å². The lowest BCUT2D eigenvalue weighted by molar-refractivity contribution is 0.365. The van der Waals surface area contributed by atoms with Crippen LogP contribution >= 0.6 is 0 Å². The van der Waals surface area contributed by atoms with Crippen LogP contribution in [0.15, 0.2) is 12.4 Å². The minimum Gasteiger partial charge on any atom is -0.310 e. The van der Waals surface area contributed by atoms with Gasteiger partial charge in [0.25, 0.3) is 0 Å². The van der Waals surface area contributed by atoms with Crippen molar-refractivity contribution in [2.45, 2.75) is 52.6 Å². The topological polar surface area (TPSA) is 29.9 Å². The molecule has 1 N–H and O–H groups in total. The van der Waals surface area contributed by atoms with E-state index < -0.39 is 0 Å². The molecule has 0 radical (unpaired) electrons. The van der Waals surface area contributed by atoms with Gasteiger partial charge in [0.2, 0.25) is 0 Å². The highest BCUT2D eigenvalue weighted by Crippen LogP contribution is 2.38. The van der Waals surface area contributed by atoms with Crippen LogP contribution in [-0.4, -0.2) is 16.3 Å². The third kappa shape index (κ3) is 2.89. The SMILES string of the molecule is CCNC(c1cnn(CC)c1)C1CCC(C)C1. The van der Waals surface area contributed by atoms with Crippen molar-refractivity contribution in [1.29, 1.82) is 0 Å². The van der Waals surface area contributed by atoms with Gasteiger partial charge in [0.05, 0.1) is 6.20 Å². The van der Waals surface area contributed by atoms with E-state index in [2.05, 4.69) is 37.4 Å². The Bertz CT molecular complexity index is 345. The van der Waals surface area contributed by atoms with Crippen molar-refractivity contribution in [3.63, 3.8) is 0 Å². The van der Waals surface area contributed by atoms with Gasteiger partial charge in [0, 0.05) is 24.3 Å². The third-order valence-electron chi connectivity index (χ3n) is 3.97. The van der Waals surface area contributed by atoms with Gasteiger partial charge in [-0.25, -0.2) is 0 Å². The lowest BCUT2D eigenvalue weighted by Gasteiger charge is -2.23. The zero-order chi connectivity index (χ0) is 12.3. The second-order valence-electron chi connectivity index (χ2n) is 5.34. The minimum absolute atomic E-state index is 0.505. The van der Waals surface area contributed by atoms with Crippen molar-refractivity contribution in [1.82, 2.24) is 15.1 Å². The van der Waals surface area contributed by atoms with Crippen LogP contribution in [0.25, 0.3) is 0 Å². The van der Waals surface area contributed by atoms with Gasteiger partial charge < -0.3 is 5.32 Å². The first-order valence-corrected chi connectivity index (χ1v) is 7.00. The molecular weight excluding hydrogens is 210 g/mol. The summed E-state index contributed by atoms with van der Waals surface area (Å²) in [4.78, 5) is 0. The van der Waals surface area contributed by atoms with Crippen LogP contribution in [0.4, 0.5) is 0 Å². The van der Waals surface area contributed by atoms with Crippen molar-refractivity contribution in [2.24, 2.45) is 11.8 Å². The summed E-state index contributed by atoms with van der Waals surface area (Å²) in [6.07, 6.45) is 8.34. The first-order chi connectivity index (χ1) is 8.24. The molecule has 1 aromatic heterocycles. The van der Waals surface area contributed by atoms with E-state index in [1.165, 1.54) is 24.8 Å². The lowest BCUT2D eigenvalue weighted by atomic mass is 9.92. The van der Waals surface area contributed by atoms with Crippen molar-refractivity contribution in [3.05, 3.63) is 18.0 Å². The Morgan fingerprint density at radius 3 is 2.82 bits per heavy atom. The Morgan fingerprint density at radius 2 is 2.29 bits per heavy atom. The summed E-state index contributed by atoms with van der Waals surface area (Å²) in [6.45, 7) is 8.69. The maximum absolute atomic E-state index is 4.40. The summed E-state index contributed by atoms with van der Waals surface area (Å²) in [5, 5.41) is 8.05. The predicted octanol–water partition coefficient (Wildman–Crippen LogP) is 2.99. The number of hydrogen-bond donors (Lipinski definition) is 1. The summed E-state index contributed by atoms with van der Waals surface area (Å²) in [7, 11) is 0. The fourth-order valence-electron chi connectivity index (χ4n) is 3.04. The van der Waals surface area contributed by atoms with Gasteiger partial charge >= 0.3 is 0 Å². The monoisotopic (exact) mass is 235 g/mol. The van der Waals surface area contributed by atoms with E-state index in [0.717, 1.165) is 24.9 Å². The Morgan fingerprint density at radius 1 is 1.47 bits per heavy atom. The van der Waals surface area contributed by atoms with E-state index in [1.54, 1.807) is 0 Å². The predicted molar refractivity (Wildman–Crippen MR) is 70.8 cm³/mol. The minimum atomic E-state index is 0.505. The summed E-state index contributed by atoms with van der Waals surface area (Å²) in [5.41, 5.74) is 1.37. The molecule has 1 heterocycles. The Balaban J connectivity index is 2.10. The van der Waals surface area contributed by atoms with Crippen molar-refractivity contribution in [3.8, 4) is 0 Å². The van der Waals surface area contributed by atoms with Crippen LogP contribution in [0.5, 0.6) is 0 Å². The zero-order valence-electron chi connectivity index (χ0n) is 11.3. The van der Waals surface area contributed by atoms with Gasteiger partial charge in [-0.1, -0.05) is 20.3 Å². The summed E-state index contributed by atoms with van der Waals surface area (Å²) < 4.78 is 2.03. The normalized spacial score (nSPS) is 26.3. The maximum atomic E-state index is 4.40. The molecule has 0 aliphatic heterocycles. The number of nitrogens with one attached hydrogen (secondary N) is 1. The number of aryl methyl sites for hydroxylation is 1. The first-order valence-electron chi connectivity index (χ1n) is 7.00. The molecule has 1 saturated carbocycles. The zero-order valence-corrected chi connectivity index (χ0v) is 11.3. The van der Waals surface area contributed by atoms with Crippen molar-refractivity contribution < 1.29 is 0 Å². The van der Waals surface area contributed by atoms with Gasteiger partial charge in [-0.05, 0) is 38.1 Å². The van der Waals surface area contributed by atoms with E-state index in [9.17, 15) is 0 Å². The molecule has 1 aliphatic rings. The van der Waals surface area contributed by atoms with E-state index >= 15 is 0 Å². The molecule has 3 unspecified atom stereocenters. The van der Waals surface area contributed by atoms with Crippen LogP contribution in [-0.2, 0) is 6.54 Å². The largest absolute Gasteiger partial charge is 0.310 e. The van der Waals surface area contributed by atoms with E-state index in [1.807, 2.05) is 10.9 Å². The summed E-state index contributed by atoms with van der Waals surface area (Å²) >= 11 is 0. The average molecular weight is 235 g/mol. The highest BCUT2D eigenvalue weighted by Gasteiger charge is 2.29. The number of rotatable bonds is 5. The van der Waals surface area contributed by atoms with Gasteiger partial charge in [-0.2, -0.15) is 5.10 Å². The van der Waals surface area contributed by atoms with Crippen molar-refractivity contribution in [2.75, 3.05) is 6.54 Å². The molecule has 2 rings (SSSR count). The average Bonchev–Trinajstić information content (AvgIpc) is 2.94. The third-order valence-corrected chi connectivity index (χ3v) is 3.97. The highest BCUT2D eigenvalue weighted by molar-refractivity contribution is 5.12. The molecule has 3 heteroatoms. The maximum Gasteiger partial charge on any atom is 0.0537 e. The molecular formula is C14H25N3. The summed E-state index contributed by atoms with van der Waals surface area (Å²) in [5.74, 6) is 1.68. The molecule has 0 aromatic carbocycles. The molecule has 17 heavy (non-hydrogen) atoms. The Labute approximate surface area is 105 Å². The smallest absolute Gasteiger partial charge is 0.0537 e. The molecule has 0 bridgehead atoms. The lowest BCUT2D eigenvalue weighted by Crippen LogP contribution is -2.26. The fourth-order valence-corrected chi connectivity index (χ4v) is 3.04. The molecule has 1 fully saturated rings. The van der Waals surface area contributed by atoms with Gasteiger partial charge in [-0.15, -0.1) is 0 Å². The number of hydrogen-bond acceptors (Lipinski definition) is 2. The second-order valence-corrected chi connectivity index (χ2v) is 5.34. The van der Waals surface area contributed by atoms with Crippen LogP contribution in [0.2, 0.25) is 0 Å². The Kier molecular flexibility index (Phi) is 4.21. The van der Waals surface area contributed by atoms with Gasteiger partial charge in [0.1, 0.15) is 0 Å². The fraction of sp³-hybridized carbons (Fsp3) is 0.786. The van der Waals surface area contributed by atoms with E-state index in [0.29, 0.717) is 6.04 Å². The number of nitrogens with zero attached hydrogens (tertiary/aromatic N) is 2. The molecule has 0 saturated heterocycles. The molecule has 0 amide bonds. The molecule has 3 nitrogen and oxygen atoms in total. The van der Waals surface area contributed by atoms with Crippen LogP contribution in [0, 0.1) is 11.8 Å². The molecule has 96 valence electrons.